The molecule has 2 aromatic carbocycles. The fourth-order valence-corrected chi connectivity index (χ4v) is 3.85. The van der Waals surface area contributed by atoms with E-state index >= 15 is 0 Å². The second-order valence-corrected chi connectivity index (χ2v) is 6.84. The lowest BCUT2D eigenvalue weighted by Crippen LogP contribution is -2.12. The van der Waals surface area contributed by atoms with Crippen LogP contribution >= 0.6 is 0 Å². The molecule has 0 amide bonds. The van der Waals surface area contributed by atoms with E-state index in [-0.39, 0.29) is 5.97 Å². The summed E-state index contributed by atoms with van der Waals surface area (Å²) in [7, 11) is 0. The quantitative estimate of drug-likeness (QED) is 0.591. The second kappa shape index (κ2) is 7.28. The smallest absolute Gasteiger partial charge is 0.334 e. The first-order valence-corrected chi connectivity index (χ1v) is 9.43. The maximum atomic E-state index is 12.2. The van der Waals surface area contributed by atoms with Crippen molar-refractivity contribution in [3.63, 3.8) is 0 Å². The van der Waals surface area contributed by atoms with Gasteiger partial charge >= 0.3 is 5.97 Å². The van der Waals surface area contributed by atoms with Crippen molar-refractivity contribution in [2.24, 2.45) is 0 Å². The molecule has 0 saturated heterocycles. The summed E-state index contributed by atoms with van der Waals surface area (Å²) < 4.78 is 5.21. The van der Waals surface area contributed by atoms with Crippen molar-refractivity contribution < 1.29 is 9.53 Å². The van der Waals surface area contributed by atoms with Gasteiger partial charge in [0.25, 0.3) is 0 Å². The summed E-state index contributed by atoms with van der Waals surface area (Å²) in [5, 5.41) is 1.22. The van der Waals surface area contributed by atoms with Gasteiger partial charge in [-0.25, -0.2) is 4.79 Å². The van der Waals surface area contributed by atoms with E-state index in [0.29, 0.717) is 13.0 Å². The van der Waals surface area contributed by atoms with Gasteiger partial charge in [0.05, 0.1) is 12.3 Å². The van der Waals surface area contributed by atoms with Gasteiger partial charge in [-0.3, -0.25) is 0 Å². The minimum Gasteiger partial charge on any atom is -0.463 e. The second-order valence-electron chi connectivity index (χ2n) is 6.84. The van der Waals surface area contributed by atoms with Gasteiger partial charge in [-0.05, 0) is 49.5 Å². The zero-order valence-corrected chi connectivity index (χ0v) is 15.7. The number of nitrogens with one attached hydrogen (secondary N) is 1. The van der Waals surface area contributed by atoms with E-state index in [1.807, 2.05) is 19.9 Å². The number of esters is 1. The van der Waals surface area contributed by atoms with E-state index in [0.717, 1.165) is 28.8 Å². The fourth-order valence-electron chi connectivity index (χ4n) is 3.85. The molecule has 0 spiro atoms. The van der Waals surface area contributed by atoms with Gasteiger partial charge in [-0.15, -0.1) is 0 Å². The molecule has 0 fully saturated rings. The molecule has 0 aliphatic heterocycles. The minimum absolute atomic E-state index is 0.187. The molecule has 0 bridgehead atoms. The van der Waals surface area contributed by atoms with Crippen molar-refractivity contribution in [1.82, 2.24) is 4.98 Å². The van der Waals surface area contributed by atoms with Gasteiger partial charge in [0.2, 0.25) is 0 Å². The highest BCUT2D eigenvalue weighted by molar-refractivity contribution is 6.01. The highest BCUT2D eigenvalue weighted by Crippen LogP contribution is 2.40. The number of benzene rings is 2. The monoisotopic (exact) mass is 357 g/mol. The number of rotatable bonds is 4. The molecule has 3 nitrogen and oxygen atoms in total. The van der Waals surface area contributed by atoms with Crippen LogP contribution in [0.2, 0.25) is 0 Å². The normalized spacial score (nSPS) is 14.4. The summed E-state index contributed by atoms with van der Waals surface area (Å²) >= 11 is 0. The van der Waals surface area contributed by atoms with E-state index < -0.39 is 0 Å². The molecule has 1 aliphatic rings. The first-order chi connectivity index (χ1) is 13.2. The molecule has 4 rings (SSSR count). The van der Waals surface area contributed by atoms with Gasteiger partial charge in [0.15, 0.2) is 0 Å². The molecule has 0 saturated carbocycles. The predicted molar refractivity (Wildman–Crippen MR) is 110 cm³/mol. The fraction of sp³-hybridized carbons (Fsp3) is 0.208. The number of hydrogen-bond donors (Lipinski definition) is 1. The summed E-state index contributed by atoms with van der Waals surface area (Å²) in [6.07, 6.45) is 3.69. The van der Waals surface area contributed by atoms with Crippen molar-refractivity contribution in [2.75, 3.05) is 6.61 Å². The van der Waals surface area contributed by atoms with Gasteiger partial charge < -0.3 is 9.72 Å². The number of aromatic amines is 1. The third-order valence-corrected chi connectivity index (χ3v) is 5.12. The van der Waals surface area contributed by atoms with Crippen LogP contribution < -0.4 is 0 Å². The Morgan fingerprint density at radius 3 is 2.52 bits per heavy atom. The standard InChI is InChI=1S/C24H23NO2/c1-3-27-24(26)19-14-13-18(15-16(19)2)22-20-11-7-8-12-21(20)25-23(22)17-9-5-4-6-10-17/h4-12,15,25H,3,13-14H2,1-2H3. The van der Waals surface area contributed by atoms with Crippen LogP contribution in [-0.2, 0) is 9.53 Å². The van der Waals surface area contributed by atoms with E-state index in [4.69, 9.17) is 4.74 Å². The summed E-state index contributed by atoms with van der Waals surface area (Å²) in [6.45, 7) is 4.26. The number of aromatic nitrogens is 1. The Balaban J connectivity index is 1.87. The summed E-state index contributed by atoms with van der Waals surface area (Å²) in [6, 6.07) is 18.8. The predicted octanol–water partition coefficient (Wildman–Crippen LogP) is 5.89. The topological polar surface area (TPSA) is 42.1 Å². The Morgan fingerprint density at radius 1 is 1.04 bits per heavy atom. The van der Waals surface area contributed by atoms with Crippen LogP contribution in [0.5, 0.6) is 0 Å². The van der Waals surface area contributed by atoms with Crippen LogP contribution in [-0.4, -0.2) is 17.6 Å². The first kappa shape index (κ1) is 17.3. The minimum atomic E-state index is -0.187. The average molecular weight is 357 g/mol. The molecule has 136 valence electrons. The number of para-hydroxylation sites is 1. The molecule has 3 aromatic rings. The highest BCUT2D eigenvalue weighted by Gasteiger charge is 2.23. The van der Waals surface area contributed by atoms with Crippen LogP contribution in [0.4, 0.5) is 0 Å². The van der Waals surface area contributed by atoms with Crippen LogP contribution in [0, 0.1) is 0 Å². The zero-order chi connectivity index (χ0) is 18.8. The van der Waals surface area contributed by atoms with Gasteiger partial charge in [0, 0.05) is 22.0 Å². The third kappa shape index (κ3) is 3.21. The summed E-state index contributed by atoms with van der Waals surface area (Å²) in [5.74, 6) is -0.187. The Morgan fingerprint density at radius 2 is 1.78 bits per heavy atom. The van der Waals surface area contributed by atoms with Crippen molar-refractivity contribution >= 4 is 22.4 Å². The average Bonchev–Trinajstić information content (AvgIpc) is 3.08. The number of carbonyl (C=O) groups excluding carboxylic acids is 1. The van der Waals surface area contributed by atoms with Crippen molar-refractivity contribution in [3.05, 3.63) is 77.4 Å². The highest BCUT2D eigenvalue weighted by atomic mass is 16.5. The van der Waals surface area contributed by atoms with Crippen LogP contribution in [0.15, 0.2) is 71.8 Å². The molecule has 0 radical (unpaired) electrons. The molecule has 3 heteroatoms. The maximum absolute atomic E-state index is 12.2. The molecule has 27 heavy (non-hydrogen) atoms. The molecule has 0 unspecified atom stereocenters. The largest absolute Gasteiger partial charge is 0.463 e. The maximum Gasteiger partial charge on any atom is 0.334 e. The van der Waals surface area contributed by atoms with Gasteiger partial charge in [0.1, 0.15) is 0 Å². The number of hydrogen-bond acceptors (Lipinski definition) is 2. The molecule has 1 N–H and O–H groups in total. The molecular weight excluding hydrogens is 334 g/mol. The number of allylic oxidation sites excluding steroid dienone is 3. The van der Waals surface area contributed by atoms with Gasteiger partial charge in [-0.2, -0.15) is 0 Å². The van der Waals surface area contributed by atoms with E-state index in [2.05, 4.69) is 59.6 Å². The van der Waals surface area contributed by atoms with Gasteiger partial charge in [-0.1, -0.05) is 54.6 Å². The Kier molecular flexibility index (Phi) is 4.68. The number of fused-ring (bicyclic) bond motifs is 1. The van der Waals surface area contributed by atoms with Crippen molar-refractivity contribution in [2.45, 2.75) is 26.7 Å². The Bertz CT molecular complexity index is 1050. The molecule has 1 aliphatic carbocycles. The Hall–Kier alpha value is -3.07. The van der Waals surface area contributed by atoms with Crippen molar-refractivity contribution in [3.8, 4) is 11.3 Å². The number of H-pyrrole nitrogens is 1. The van der Waals surface area contributed by atoms with Crippen LogP contribution in [0.25, 0.3) is 27.7 Å². The lowest BCUT2D eigenvalue weighted by molar-refractivity contribution is -0.138. The molecule has 1 aromatic heterocycles. The number of carbonyl (C=O) groups is 1. The van der Waals surface area contributed by atoms with E-state index in [1.54, 1.807) is 0 Å². The third-order valence-electron chi connectivity index (χ3n) is 5.12. The van der Waals surface area contributed by atoms with E-state index in [1.165, 1.54) is 22.1 Å². The zero-order valence-electron chi connectivity index (χ0n) is 15.7. The Labute approximate surface area is 159 Å². The number of ether oxygens (including phenoxy) is 1. The lowest BCUT2D eigenvalue weighted by Gasteiger charge is -2.18. The van der Waals surface area contributed by atoms with Crippen LogP contribution in [0.3, 0.4) is 0 Å². The van der Waals surface area contributed by atoms with Crippen molar-refractivity contribution in [1.29, 1.82) is 0 Å². The SMILES string of the molecule is CCOC(=O)C1=C(C)C=C(c2c(-c3ccccc3)[nH]c3ccccc23)CC1. The molecule has 1 heterocycles. The summed E-state index contributed by atoms with van der Waals surface area (Å²) in [5.41, 5.74) is 7.72. The molecular formula is C24H23NO2. The summed E-state index contributed by atoms with van der Waals surface area (Å²) in [4.78, 5) is 15.8. The van der Waals surface area contributed by atoms with E-state index in [9.17, 15) is 4.79 Å². The molecule has 0 atom stereocenters. The lowest BCUT2D eigenvalue weighted by atomic mass is 9.87. The van der Waals surface area contributed by atoms with Crippen LogP contribution in [0.1, 0.15) is 32.3 Å². The first-order valence-electron chi connectivity index (χ1n) is 9.43.